The van der Waals surface area contributed by atoms with E-state index in [9.17, 15) is 4.79 Å². The Morgan fingerprint density at radius 1 is 1.12 bits per heavy atom. The monoisotopic (exact) mass is 390 g/mol. The van der Waals surface area contributed by atoms with E-state index in [-0.39, 0.29) is 11.7 Å². The summed E-state index contributed by atoms with van der Waals surface area (Å²) in [4.78, 5) is 16.9. The van der Waals surface area contributed by atoms with Crippen LogP contribution in [0.25, 0.3) is 10.9 Å². The number of halogens is 2. The molecular formula is C19H16Cl2N2OS. The third-order valence-corrected chi connectivity index (χ3v) is 5.24. The van der Waals surface area contributed by atoms with Gasteiger partial charge in [0.1, 0.15) is 0 Å². The number of para-hydroxylation sites is 1. The van der Waals surface area contributed by atoms with Gasteiger partial charge in [0, 0.05) is 10.4 Å². The predicted octanol–water partition coefficient (Wildman–Crippen LogP) is 5.89. The van der Waals surface area contributed by atoms with Crippen LogP contribution in [0.5, 0.6) is 0 Å². The van der Waals surface area contributed by atoms with Crippen molar-refractivity contribution < 1.29 is 4.79 Å². The van der Waals surface area contributed by atoms with Crippen LogP contribution in [0.4, 0.5) is 5.69 Å². The smallest absolute Gasteiger partial charge is 0.234 e. The highest BCUT2D eigenvalue weighted by Gasteiger charge is 2.10. The van der Waals surface area contributed by atoms with E-state index in [2.05, 4.69) is 23.3 Å². The van der Waals surface area contributed by atoms with E-state index < -0.39 is 0 Å². The second-order valence-electron chi connectivity index (χ2n) is 5.71. The van der Waals surface area contributed by atoms with Crippen LogP contribution in [-0.2, 0) is 4.79 Å². The fourth-order valence-electron chi connectivity index (χ4n) is 2.52. The Bertz CT molecular complexity index is 960. The zero-order valence-corrected chi connectivity index (χ0v) is 16.1. The maximum absolute atomic E-state index is 12.2. The first-order chi connectivity index (χ1) is 11.9. The SMILES string of the molecule is Cc1cc(SCC(=O)Nc2ccc(Cl)cc2Cl)nc2c(C)cccc12. The van der Waals surface area contributed by atoms with Gasteiger partial charge in [-0.3, -0.25) is 4.79 Å². The minimum atomic E-state index is -0.140. The summed E-state index contributed by atoms with van der Waals surface area (Å²) in [6, 6.07) is 13.1. The number of carbonyl (C=O) groups is 1. The van der Waals surface area contributed by atoms with Crippen LogP contribution in [0, 0.1) is 13.8 Å². The van der Waals surface area contributed by atoms with Crippen molar-refractivity contribution in [2.75, 3.05) is 11.1 Å². The van der Waals surface area contributed by atoms with Gasteiger partial charge in [-0.15, -0.1) is 0 Å². The zero-order valence-electron chi connectivity index (χ0n) is 13.8. The number of aryl methyl sites for hydroxylation is 2. The minimum Gasteiger partial charge on any atom is -0.324 e. The number of anilines is 1. The lowest BCUT2D eigenvalue weighted by molar-refractivity contribution is -0.113. The highest BCUT2D eigenvalue weighted by atomic mass is 35.5. The number of rotatable bonds is 4. The summed E-state index contributed by atoms with van der Waals surface area (Å²) in [5, 5.41) is 5.71. The van der Waals surface area contributed by atoms with E-state index in [1.165, 1.54) is 11.8 Å². The third-order valence-electron chi connectivity index (χ3n) is 3.78. The molecule has 2 aromatic carbocycles. The molecule has 25 heavy (non-hydrogen) atoms. The van der Waals surface area contributed by atoms with Crippen LogP contribution in [0.1, 0.15) is 11.1 Å². The molecule has 3 rings (SSSR count). The van der Waals surface area contributed by atoms with Crippen molar-refractivity contribution in [3.05, 3.63) is 63.6 Å². The van der Waals surface area contributed by atoms with Crippen LogP contribution < -0.4 is 5.32 Å². The van der Waals surface area contributed by atoms with Gasteiger partial charge in [-0.2, -0.15) is 0 Å². The Kier molecular flexibility index (Phi) is 5.52. The summed E-state index contributed by atoms with van der Waals surface area (Å²) < 4.78 is 0. The van der Waals surface area contributed by atoms with Crippen molar-refractivity contribution in [1.82, 2.24) is 4.98 Å². The number of aromatic nitrogens is 1. The van der Waals surface area contributed by atoms with Gasteiger partial charge >= 0.3 is 0 Å². The van der Waals surface area contributed by atoms with Crippen molar-refractivity contribution in [2.45, 2.75) is 18.9 Å². The molecule has 0 radical (unpaired) electrons. The first kappa shape index (κ1) is 18.1. The Balaban J connectivity index is 1.72. The van der Waals surface area contributed by atoms with E-state index in [4.69, 9.17) is 23.2 Å². The van der Waals surface area contributed by atoms with E-state index in [1.54, 1.807) is 18.2 Å². The molecule has 0 fully saturated rings. The van der Waals surface area contributed by atoms with Gasteiger partial charge in [0.05, 0.1) is 27.0 Å². The fourth-order valence-corrected chi connectivity index (χ4v) is 3.74. The van der Waals surface area contributed by atoms with Crippen LogP contribution in [0.3, 0.4) is 0 Å². The molecule has 0 saturated heterocycles. The molecule has 0 aliphatic carbocycles. The first-order valence-corrected chi connectivity index (χ1v) is 9.43. The number of thioether (sulfide) groups is 1. The van der Waals surface area contributed by atoms with Crippen molar-refractivity contribution in [3.8, 4) is 0 Å². The lowest BCUT2D eigenvalue weighted by Crippen LogP contribution is -2.14. The maximum atomic E-state index is 12.2. The molecule has 0 unspecified atom stereocenters. The summed E-state index contributed by atoms with van der Waals surface area (Å²) in [7, 11) is 0. The lowest BCUT2D eigenvalue weighted by Gasteiger charge is -2.09. The van der Waals surface area contributed by atoms with Crippen LogP contribution in [-0.4, -0.2) is 16.6 Å². The van der Waals surface area contributed by atoms with Crippen molar-refractivity contribution in [2.24, 2.45) is 0 Å². The molecule has 1 N–H and O–H groups in total. The highest BCUT2D eigenvalue weighted by Crippen LogP contribution is 2.27. The summed E-state index contributed by atoms with van der Waals surface area (Å²) in [6.45, 7) is 4.10. The van der Waals surface area contributed by atoms with E-state index in [0.29, 0.717) is 15.7 Å². The van der Waals surface area contributed by atoms with Crippen LogP contribution in [0.15, 0.2) is 47.5 Å². The number of hydrogen-bond acceptors (Lipinski definition) is 3. The second-order valence-corrected chi connectivity index (χ2v) is 7.55. The second kappa shape index (κ2) is 7.65. The van der Waals surface area contributed by atoms with Crippen molar-refractivity contribution in [3.63, 3.8) is 0 Å². The zero-order chi connectivity index (χ0) is 18.0. The molecule has 1 heterocycles. The van der Waals surface area contributed by atoms with Gasteiger partial charge in [-0.1, -0.05) is 53.2 Å². The van der Waals surface area contributed by atoms with Gasteiger partial charge in [0.25, 0.3) is 0 Å². The molecule has 1 aromatic heterocycles. The molecular weight excluding hydrogens is 375 g/mol. The molecule has 6 heteroatoms. The number of amides is 1. The number of nitrogens with one attached hydrogen (secondary N) is 1. The number of benzene rings is 2. The molecule has 0 spiro atoms. The average molecular weight is 391 g/mol. The van der Waals surface area contributed by atoms with Gasteiger partial charge in [-0.25, -0.2) is 4.98 Å². The highest BCUT2D eigenvalue weighted by molar-refractivity contribution is 7.99. The standard InChI is InChI=1S/C19H16Cl2N2OS/c1-11-4-3-5-14-12(2)8-18(23-19(11)14)25-10-17(24)22-16-7-6-13(20)9-15(16)21/h3-9H,10H2,1-2H3,(H,22,24). The Morgan fingerprint density at radius 3 is 2.68 bits per heavy atom. The van der Waals surface area contributed by atoms with Crippen LogP contribution in [0.2, 0.25) is 10.0 Å². The van der Waals surface area contributed by atoms with Crippen LogP contribution >= 0.6 is 35.0 Å². The number of pyridine rings is 1. The van der Waals surface area contributed by atoms with Gasteiger partial charge in [-0.05, 0) is 49.2 Å². The molecule has 0 saturated carbocycles. The average Bonchev–Trinajstić information content (AvgIpc) is 2.57. The van der Waals surface area contributed by atoms with Crippen molar-refractivity contribution >= 4 is 57.5 Å². The van der Waals surface area contributed by atoms with E-state index in [1.807, 2.05) is 25.1 Å². The number of fused-ring (bicyclic) bond motifs is 1. The fraction of sp³-hybridized carbons (Fsp3) is 0.158. The Labute approximate surface area is 160 Å². The largest absolute Gasteiger partial charge is 0.324 e. The number of nitrogens with zero attached hydrogens (tertiary/aromatic N) is 1. The molecule has 0 bridgehead atoms. The molecule has 0 atom stereocenters. The molecule has 1 amide bonds. The summed E-state index contributed by atoms with van der Waals surface area (Å²) in [6.07, 6.45) is 0. The molecule has 3 nitrogen and oxygen atoms in total. The number of carbonyl (C=O) groups excluding carboxylic acids is 1. The van der Waals surface area contributed by atoms with Crippen molar-refractivity contribution in [1.29, 1.82) is 0 Å². The minimum absolute atomic E-state index is 0.140. The maximum Gasteiger partial charge on any atom is 0.234 e. The van der Waals surface area contributed by atoms with Gasteiger partial charge < -0.3 is 5.32 Å². The molecule has 0 aliphatic rings. The van der Waals surface area contributed by atoms with E-state index in [0.717, 1.165) is 27.1 Å². The molecule has 0 aliphatic heterocycles. The quantitative estimate of drug-likeness (QED) is 0.564. The molecule has 128 valence electrons. The predicted molar refractivity (Wildman–Crippen MR) is 107 cm³/mol. The van der Waals surface area contributed by atoms with E-state index >= 15 is 0 Å². The number of hydrogen-bond donors (Lipinski definition) is 1. The normalized spacial score (nSPS) is 10.9. The van der Waals surface area contributed by atoms with Gasteiger partial charge in [0.2, 0.25) is 5.91 Å². The van der Waals surface area contributed by atoms with Gasteiger partial charge in [0.15, 0.2) is 0 Å². The Hall–Kier alpha value is -1.75. The first-order valence-electron chi connectivity index (χ1n) is 7.69. The Morgan fingerprint density at radius 2 is 1.92 bits per heavy atom. The summed E-state index contributed by atoms with van der Waals surface area (Å²) >= 11 is 13.3. The third kappa shape index (κ3) is 4.27. The topological polar surface area (TPSA) is 42.0 Å². The molecule has 3 aromatic rings. The lowest BCUT2D eigenvalue weighted by atomic mass is 10.1. The summed E-state index contributed by atoms with van der Waals surface area (Å²) in [5.41, 5.74) is 3.80. The summed E-state index contributed by atoms with van der Waals surface area (Å²) in [5.74, 6) is 0.113.